The molecule has 0 bridgehead atoms. The van der Waals surface area contributed by atoms with E-state index in [0.29, 0.717) is 24.4 Å². The van der Waals surface area contributed by atoms with Crippen LogP contribution in [0.4, 0.5) is 5.69 Å². The first kappa shape index (κ1) is 17.1. The molecule has 1 aromatic heterocycles. The van der Waals surface area contributed by atoms with Gasteiger partial charge in [0.15, 0.2) is 0 Å². The van der Waals surface area contributed by atoms with Gasteiger partial charge in [-0.15, -0.1) is 0 Å². The lowest BCUT2D eigenvalue weighted by molar-refractivity contribution is -0.386. The van der Waals surface area contributed by atoms with Crippen molar-refractivity contribution in [2.75, 3.05) is 7.11 Å². The van der Waals surface area contributed by atoms with E-state index in [1.807, 2.05) is 29.2 Å². The highest BCUT2D eigenvalue weighted by Crippen LogP contribution is 2.27. The summed E-state index contributed by atoms with van der Waals surface area (Å²) in [5.74, 6) is -0.314. The van der Waals surface area contributed by atoms with E-state index in [9.17, 15) is 14.9 Å². The van der Waals surface area contributed by atoms with Crippen LogP contribution < -0.4 is 0 Å². The molecule has 0 fully saturated rings. The minimum absolute atomic E-state index is 0.0204. The number of carbonyl (C=O) groups is 1. The van der Waals surface area contributed by atoms with Crippen molar-refractivity contribution >= 4 is 11.7 Å². The molecule has 0 radical (unpaired) electrons. The molecule has 0 aliphatic carbocycles. The van der Waals surface area contributed by atoms with Crippen LogP contribution in [0.25, 0.3) is 0 Å². The molecule has 1 aromatic carbocycles. The summed E-state index contributed by atoms with van der Waals surface area (Å²) in [6.45, 7) is 4.13. The van der Waals surface area contributed by atoms with Crippen molar-refractivity contribution < 1.29 is 14.5 Å². The number of aryl methyl sites for hydroxylation is 1. The molecule has 0 spiro atoms. The Labute approximate surface area is 145 Å². The lowest BCUT2D eigenvalue weighted by atomic mass is 9.94. The molecule has 2 heterocycles. The van der Waals surface area contributed by atoms with Gasteiger partial charge in [0.1, 0.15) is 17.4 Å². The number of esters is 1. The van der Waals surface area contributed by atoms with Crippen molar-refractivity contribution in [3.8, 4) is 0 Å². The van der Waals surface area contributed by atoms with Crippen LogP contribution in [0.1, 0.15) is 22.5 Å². The number of nitrogens with zero attached hydrogens (tertiary/aromatic N) is 4. The smallest absolute Gasteiger partial charge is 0.323 e. The van der Waals surface area contributed by atoms with E-state index in [4.69, 9.17) is 4.74 Å². The van der Waals surface area contributed by atoms with Crippen LogP contribution in [0.15, 0.2) is 24.3 Å². The van der Waals surface area contributed by atoms with Gasteiger partial charge in [-0.3, -0.25) is 19.8 Å². The zero-order valence-corrected chi connectivity index (χ0v) is 14.4. The summed E-state index contributed by atoms with van der Waals surface area (Å²) < 4.78 is 6.53. The largest absolute Gasteiger partial charge is 0.468 e. The standard InChI is InChI=1S/C17H20N4O4/c1-11-16(21(23)24)12(2)20(18-11)10-19-9-14-7-5-4-6-13(14)8-15(19)17(22)25-3/h4-7,15H,8-10H2,1-3H3/t15-/m0/s1. The summed E-state index contributed by atoms with van der Waals surface area (Å²) in [5, 5.41) is 15.5. The van der Waals surface area contributed by atoms with E-state index in [1.54, 1.807) is 18.5 Å². The molecule has 1 aliphatic rings. The predicted molar refractivity (Wildman–Crippen MR) is 89.8 cm³/mol. The second kappa shape index (κ2) is 6.64. The van der Waals surface area contributed by atoms with Gasteiger partial charge in [0.2, 0.25) is 0 Å². The van der Waals surface area contributed by atoms with Gasteiger partial charge in [0.25, 0.3) is 0 Å². The minimum atomic E-state index is -0.442. The monoisotopic (exact) mass is 344 g/mol. The lowest BCUT2D eigenvalue weighted by Crippen LogP contribution is -2.47. The molecular formula is C17H20N4O4. The Hall–Kier alpha value is -2.74. The Kier molecular flexibility index (Phi) is 4.54. The first-order chi connectivity index (χ1) is 11.9. The van der Waals surface area contributed by atoms with Gasteiger partial charge in [0, 0.05) is 6.54 Å². The SMILES string of the molecule is COC(=O)[C@@H]1Cc2ccccc2CN1Cn1nc(C)c([N+](=O)[O-])c1C. The number of methoxy groups -OCH3 is 1. The number of hydrogen-bond donors (Lipinski definition) is 0. The second-order valence-corrected chi connectivity index (χ2v) is 6.18. The Morgan fingerprint density at radius 2 is 2.04 bits per heavy atom. The summed E-state index contributed by atoms with van der Waals surface area (Å²) in [5.41, 5.74) is 3.12. The highest BCUT2D eigenvalue weighted by Gasteiger charge is 2.33. The van der Waals surface area contributed by atoms with E-state index in [2.05, 4.69) is 5.10 Å². The zero-order valence-electron chi connectivity index (χ0n) is 14.4. The molecule has 0 saturated carbocycles. The van der Waals surface area contributed by atoms with Gasteiger partial charge < -0.3 is 4.74 Å². The summed E-state index contributed by atoms with van der Waals surface area (Å²) in [6.07, 6.45) is 0.546. The van der Waals surface area contributed by atoms with Crippen LogP contribution in [0.5, 0.6) is 0 Å². The Bertz CT molecular complexity index is 830. The molecule has 0 amide bonds. The first-order valence-electron chi connectivity index (χ1n) is 7.99. The maximum absolute atomic E-state index is 12.2. The fourth-order valence-corrected chi connectivity index (χ4v) is 3.36. The summed E-state index contributed by atoms with van der Waals surface area (Å²) >= 11 is 0. The van der Waals surface area contributed by atoms with Crippen LogP contribution in [0.3, 0.4) is 0 Å². The first-order valence-corrected chi connectivity index (χ1v) is 7.99. The molecular weight excluding hydrogens is 324 g/mol. The molecule has 132 valence electrons. The summed E-state index contributed by atoms with van der Waals surface area (Å²) in [6, 6.07) is 7.51. The molecule has 1 aliphatic heterocycles. The number of ether oxygens (including phenoxy) is 1. The zero-order chi connectivity index (χ0) is 18.1. The van der Waals surface area contributed by atoms with Crippen molar-refractivity contribution in [1.29, 1.82) is 0 Å². The van der Waals surface area contributed by atoms with Crippen LogP contribution >= 0.6 is 0 Å². The van der Waals surface area contributed by atoms with Crippen molar-refractivity contribution in [2.24, 2.45) is 0 Å². The van der Waals surface area contributed by atoms with Crippen molar-refractivity contribution in [3.63, 3.8) is 0 Å². The Morgan fingerprint density at radius 3 is 2.64 bits per heavy atom. The fraction of sp³-hybridized carbons (Fsp3) is 0.412. The maximum atomic E-state index is 12.2. The van der Waals surface area contributed by atoms with Crippen molar-refractivity contribution in [2.45, 2.75) is 39.5 Å². The van der Waals surface area contributed by atoms with Gasteiger partial charge >= 0.3 is 11.7 Å². The van der Waals surface area contributed by atoms with Gasteiger partial charge in [-0.1, -0.05) is 24.3 Å². The van der Waals surface area contributed by atoms with Crippen molar-refractivity contribution in [3.05, 3.63) is 56.9 Å². The van der Waals surface area contributed by atoms with E-state index in [-0.39, 0.29) is 18.3 Å². The number of benzene rings is 1. The normalized spacial score (nSPS) is 17.2. The average molecular weight is 344 g/mol. The molecule has 0 saturated heterocycles. The van der Waals surface area contributed by atoms with Gasteiger partial charge in [-0.25, -0.2) is 4.68 Å². The van der Waals surface area contributed by atoms with Gasteiger partial charge in [-0.05, 0) is 31.4 Å². The highest BCUT2D eigenvalue weighted by atomic mass is 16.6. The van der Waals surface area contributed by atoms with E-state index in [1.165, 1.54) is 7.11 Å². The van der Waals surface area contributed by atoms with Gasteiger partial charge in [0.05, 0.1) is 18.7 Å². The summed E-state index contributed by atoms with van der Waals surface area (Å²) in [7, 11) is 1.37. The Balaban J connectivity index is 1.93. The number of hydrogen-bond acceptors (Lipinski definition) is 6. The van der Waals surface area contributed by atoms with Crippen molar-refractivity contribution in [1.82, 2.24) is 14.7 Å². The average Bonchev–Trinajstić information content (AvgIpc) is 2.87. The molecule has 8 heteroatoms. The van der Waals surface area contributed by atoms with Crippen LogP contribution in [0.2, 0.25) is 0 Å². The predicted octanol–water partition coefficient (Wildman–Crippen LogP) is 1.97. The lowest BCUT2D eigenvalue weighted by Gasteiger charge is -2.35. The number of rotatable bonds is 4. The number of aromatic nitrogens is 2. The van der Waals surface area contributed by atoms with Crippen LogP contribution in [-0.4, -0.2) is 38.7 Å². The molecule has 3 rings (SSSR count). The second-order valence-electron chi connectivity index (χ2n) is 6.18. The molecule has 25 heavy (non-hydrogen) atoms. The molecule has 2 aromatic rings. The fourth-order valence-electron chi connectivity index (χ4n) is 3.36. The van der Waals surface area contributed by atoms with E-state index in [0.717, 1.165) is 11.1 Å². The van der Waals surface area contributed by atoms with E-state index < -0.39 is 11.0 Å². The minimum Gasteiger partial charge on any atom is -0.468 e. The number of fused-ring (bicyclic) bond motifs is 1. The third-order valence-electron chi connectivity index (χ3n) is 4.66. The highest BCUT2D eigenvalue weighted by molar-refractivity contribution is 5.76. The van der Waals surface area contributed by atoms with E-state index >= 15 is 0 Å². The Morgan fingerprint density at radius 1 is 1.36 bits per heavy atom. The molecule has 1 atom stereocenters. The summed E-state index contributed by atoms with van der Waals surface area (Å²) in [4.78, 5) is 25.0. The molecule has 0 unspecified atom stereocenters. The van der Waals surface area contributed by atoms with Gasteiger partial charge in [-0.2, -0.15) is 5.10 Å². The third-order valence-corrected chi connectivity index (χ3v) is 4.66. The number of nitro groups is 1. The molecule has 8 nitrogen and oxygen atoms in total. The molecule has 0 N–H and O–H groups in total. The third kappa shape index (κ3) is 3.12. The van der Waals surface area contributed by atoms with Crippen LogP contribution in [-0.2, 0) is 29.2 Å². The number of carbonyl (C=O) groups excluding carboxylic acids is 1. The maximum Gasteiger partial charge on any atom is 0.323 e. The van der Waals surface area contributed by atoms with Crippen LogP contribution in [0, 0.1) is 24.0 Å². The quantitative estimate of drug-likeness (QED) is 0.478. The topological polar surface area (TPSA) is 90.5 Å².